The van der Waals surface area contributed by atoms with Gasteiger partial charge in [0.1, 0.15) is 0 Å². The molecule has 30 heavy (non-hydrogen) atoms. The molecule has 3 N–H and O–H groups in total. The summed E-state index contributed by atoms with van der Waals surface area (Å²) in [4.78, 5) is 18.7. The van der Waals surface area contributed by atoms with E-state index in [1.165, 1.54) is 30.6 Å². The zero-order chi connectivity index (χ0) is 21.4. The van der Waals surface area contributed by atoms with Crippen LogP contribution in [0, 0.1) is 11.8 Å². The van der Waals surface area contributed by atoms with Crippen LogP contribution in [-0.2, 0) is 17.9 Å². The van der Waals surface area contributed by atoms with Crippen LogP contribution in [0.3, 0.4) is 0 Å². The summed E-state index contributed by atoms with van der Waals surface area (Å²) in [6.07, 6.45) is 1.34. The minimum Gasteiger partial charge on any atom is -0.352 e. The molecule has 0 spiro atoms. The summed E-state index contributed by atoms with van der Waals surface area (Å²) in [5.74, 6) is 2.14. The molecule has 1 aromatic rings. The largest absolute Gasteiger partial charge is 0.352 e. The van der Waals surface area contributed by atoms with Gasteiger partial charge in [-0.2, -0.15) is 0 Å². The van der Waals surface area contributed by atoms with Crippen molar-refractivity contribution in [2.24, 2.45) is 16.8 Å². The van der Waals surface area contributed by atoms with E-state index < -0.39 is 0 Å². The quantitative estimate of drug-likeness (QED) is 0.301. The van der Waals surface area contributed by atoms with Gasteiger partial charge in [0.15, 0.2) is 5.96 Å². The lowest BCUT2D eigenvalue weighted by atomic mass is 9.91. The number of halogens is 1. The molecule has 1 saturated heterocycles. The normalized spacial score (nSPS) is 20.3. The van der Waals surface area contributed by atoms with Gasteiger partial charge >= 0.3 is 0 Å². The van der Waals surface area contributed by atoms with Crippen LogP contribution in [0.5, 0.6) is 0 Å². The van der Waals surface area contributed by atoms with E-state index in [9.17, 15) is 4.79 Å². The number of piperidine rings is 1. The molecule has 2 atom stereocenters. The highest BCUT2D eigenvalue weighted by Crippen LogP contribution is 2.22. The first kappa shape index (κ1) is 26.7. The lowest BCUT2D eigenvalue weighted by Crippen LogP contribution is -2.48. The number of hydrogen-bond donors (Lipinski definition) is 3. The minimum atomic E-state index is -0.234. The molecule has 2 rings (SSSR count). The summed E-state index contributed by atoms with van der Waals surface area (Å²) in [7, 11) is 1.71. The molecule has 1 amide bonds. The standard InChI is InChI=1S/C23H39N5O.HI/c1-17-11-18(2)15-28(14-17)16-20-9-7-19(8-10-20)12-25-22(24-6)26-13-21(29)27-23(3,4)5;/h7-10,17-18H,11-16H2,1-6H3,(H,27,29)(H2,24,25,26);1H. The minimum absolute atomic E-state index is 0. The number of aliphatic imine (C=N–C) groups is 1. The number of rotatable bonds is 6. The highest BCUT2D eigenvalue weighted by molar-refractivity contribution is 14.0. The highest BCUT2D eigenvalue weighted by atomic mass is 127. The van der Waals surface area contributed by atoms with Crippen LogP contribution in [0.1, 0.15) is 52.2 Å². The van der Waals surface area contributed by atoms with Crippen molar-refractivity contribution in [2.45, 2.75) is 59.7 Å². The van der Waals surface area contributed by atoms with E-state index in [2.05, 4.69) is 64.0 Å². The number of likely N-dealkylation sites (tertiary alicyclic amines) is 1. The third-order valence-electron chi connectivity index (χ3n) is 4.99. The van der Waals surface area contributed by atoms with E-state index >= 15 is 0 Å². The third-order valence-corrected chi connectivity index (χ3v) is 4.99. The van der Waals surface area contributed by atoms with Crippen molar-refractivity contribution in [3.63, 3.8) is 0 Å². The average molecular weight is 530 g/mol. The van der Waals surface area contributed by atoms with Gasteiger partial charge in [-0.25, -0.2) is 0 Å². The second kappa shape index (κ2) is 12.5. The Morgan fingerprint density at radius 1 is 1.07 bits per heavy atom. The van der Waals surface area contributed by atoms with Gasteiger partial charge in [-0.15, -0.1) is 24.0 Å². The van der Waals surface area contributed by atoms with Crippen LogP contribution < -0.4 is 16.0 Å². The maximum absolute atomic E-state index is 11.9. The second-order valence-electron chi connectivity index (χ2n) is 9.53. The Hall–Kier alpha value is -1.35. The SMILES string of the molecule is CN=C(NCC(=O)NC(C)(C)C)NCc1ccc(CN2CC(C)CC(C)C2)cc1.I. The lowest BCUT2D eigenvalue weighted by Gasteiger charge is -2.35. The molecule has 0 saturated carbocycles. The maximum atomic E-state index is 11.9. The van der Waals surface area contributed by atoms with Gasteiger partial charge < -0.3 is 16.0 Å². The first-order valence-corrected chi connectivity index (χ1v) is 10.7. The van der Waals surface area contributed by atoms with E-state index in [-0.39, 0.29) is 42.0 Å². The molecule has 7 heteroatoms. The Morgan fingerprint density at radius 3 is 2.17 bits per heavy atom. The topological polar surface area (TPSA) is 68.8 Å². The number of carbonyl (C=O) groups excluding carboxylic acids is 1. The van der Waals surface area contributed by atoms with Gasteiger partial charge in [0.2, 0.25) is 5.91 Å². The molecule has 2 unspecified atom stereocenters. The van der Waals surface area contributed by atoms with Crippen LogP contribution >= 0.6 is 24.0 Å². The van der Waals surface area contributed by atoms with E-state index in [1.807, 2.05) is 20.8 Å². The third kappa shape index (κ3) is 10.1. The monoisotopic (exact) mass is 529 g/mol. The van der Waals surface area contributed by atoms with E-state index in [4.69, 9.17) is 0 Å². The fourth-order valence-corrected chi connectivity index (χ4v) is 3.97. The fourth-order valence-electron chi connectivity index (χ4n) is 3.97. The smallest absolute Gasteiger partial charge is 0.239 e. The molecule has 1 aliphatic heterocycles. The first-order chi connectivity index (χ1) is 13.6. The first-order valence-electron chi connectivity index (χ1n) is 10.7. The molecule has 0 radical (unpaired) electrons. The number of nitrogens with zero attached hydrogens (tertiary/aromatic N) is 2. The van der Waals surface area contributed by atoms with E-state index in [1.54, 1.807) is 7.05 Å². The molecule has 0 aromatic heterocycles. The van der Waals surface area contributed by atoms with Crippen molar-refractivity contribution in [3.8, 4) is 0 Å². The fraction of sp³-hybridized carbons (Fsp3) is 0.652. The van der Waals surface area contributed by atoms with Crippen LogP contribution in [0.2, 0.25) is 0 Å². The number of amides is 1. The Bertz CT molecular complexity index is 674. The molecule has 1 heterocycles. The molecular weight excluding hydrogens is 489 g/mol. The Kier molecular flexibility index (Phi) is 11.1. The Morgan fingerprint density at radius 2 is 1.63 bits per heavy atom. The van der Waals surface area contributed by atoms with Crippen molar-refractivity contribution in [2.75, 3.05) is 26.7 Å². The van der Waals surface area contributed by atoms with Crippen molar-refractivity contribution >= 4 is 35.8 Å². The highest BCUT2D eigenvalue weighted by Gasteiger charge is 2.21. The number of benzene rings is 1. The number of guanidine groups is 1. The Labute approximate surface area is 199 Å². The molecule has 0 bridgehead atoms. The van der Waals surface area contributed by atoms with E-state index in [0.717, 1.165) is 18.4 Å². The molecule has 0 aliphatic carbocycles. The van der Waals surface area contributed by atoms with Gasteiger partial charge in [-0.05, 0) is 50.2 Å². The number of hydrogen-bond acceptors (Lipinski definition) is 3. The predicted molar refractivity (Wildman–Crippen MR) is 136 cm³/mol. The molecule has 1 aromatic carbocycles. The Balaban J connectivity index is 0.00000450. The molecule has 1 aliphatic rings. The summed E-state index contributed by atoms with van der Waals surface area (Å²) in [6.45, 7) is 14.9. The van der Waals surface area contributed by atoms with Crippen molar-refractivity contribution in [1.29, 1.82) is 0 Å². The molecule has 1 fully saturated rings. The van der Waals surface area contributed by atoms with Gasteiger partial charge in [-0.3, -0.25) is 14.7 Å². The zero-order valence-corrected chi connectivity index (χ0v) is 21.7. The van der Waals surface area contributed by atoms with Gasteiger partial charge in [0, 0.05) is 38.8 Å². The summed E-state index contributed by atoms with van der Waals surface area (Å²) >= 11 is 0. The molecule has 6 nitrogen and oxygen atoms in total. The van der Waals surface area contributed by atoms with Crippen LogP contribution in [0.15, 0.2) is 29.3 Å². The van der Waals surface area contributed by atoms with E-state index in [0.29, 0.717) is 12.5 Å². The van der Waals surface area contributed by atoms with Crippen LogP contribution in [-0.4, -0.2) is 49.0 Å². The zero-order valence-electron chi connectivity index (χ0n) is 19.4. The van der Waals surface area contributed by atoms with Gasteiger partial charge in [-0.1, -0.05) is 38.1 Å². The molecular formula is C23H40IN5O. The van der Waals surface area contributed by atoms with Crippen LogP contribution in [0.4, 0.5) is 0 Å². The van der Waals surface area contributed by atoms with Crippen molar-refractivity contribution in [3.05, 3.63) is 35.4 Å². The summed E-state index contributed by atoms with van der Waals surface area (Å²) in [5, 5.41) is 9.25. The molecule has 170 valence electrons. The van der Waals surface area contributed by atoms with Gasteiger partial charge in [0.25, 0.3) is 0 Å². The maximum Gasteiger partial charge on any atom is 0.239 e. The lowest BCUT2D eigenvalue weighted by molar-refractivity contribution is -0.121. The van der Waals surface area contributed by atoms with Gasteiger partial charge in [0.05, 0.1) is 6.54 Å². The summed E-state index contributed by atoms with van der Waals surface area (Å²) in [5.41, 5.74) is 2.31. The predicted octanol–water partition coefficient (Wildman–Crippen LogP) is 3.36. The number of carbonyl (C=O) groups is 1. The average Bonchev–Trinajstić information content (AvgIpc) is 2.61. The summed E-state index contributed by atoms with van der Waals surface area (Å²) in [6, 6.07) is 8.76. The summed E-state index contributed by atoms with van der Waals surface area (Å²) < 4.78 is 0. The second-order valence-corrected chi connectivity index (χ2v) is 9.53. The van der Waals surface area contributed by atoms with Crippen molar-refractivity contribution < 1.29 is 4.79 Å². The number of nitrogens with one attached hydrogen (secondary N) is 3. The van der Waals surface area contributed by atoms with Crippen LogP contribution in [0.25, 0.3) is 0 Å². The van der Waals surface area contributed by atoms with Crippen molar-refractivity contribution in [1.82, 2.24) is 20.9 Å².